The third kappa shape index (κ3) is 4.64. The molecule has 0 saturated carbocycles. The lowest BCUT2D eigenvalue weighted by Gasteiger charge is -2.14. The number of carbonyl (C=O) groups excluding carboxylic acids is 1. The lowest BCUT2D eigenvalue weighted by atomic mass is 9.94. The molecule has 10 heteroatoms. The molecule has 0 atom stereocenters. The minimum atomic E-state index is -4.77. The Hall–Kier alpha value is -4.08. The van der Waals surface area contributed by atoms with E-state index in [0.29, 0.717) is 11.6 Å². The fourth-order valence-electron chi connectivity index (χ4n) is 3.06. The maximum absolute atomic E-state index is 14.1. The Labute approximate surface area is 179 Å². The van der Waals surface area contributed by atoms with E-state index in [-0.39, 0.29) is 11.6 Å². The number of benzene rings is 3. The monoisotopic (exact) mass is 448 g/mol. The van der Waals surface area contributed by atoms with Crippen molar-refractivity contribution in [3.8, 4) is 16.9 Å². The normalized spacial score (nSPS) is 11.2. The Bertz CT molecular complexity index is 1190. The Morgan fingerprint density at radius 3 is 2.16 bits per heavy atom. The summed E-state index contributed by atoms with van der Waals surface area (Å²) in [5.41, 5.74) is -1.65. The maximum atomic E-state index is 14.1. The van der Waals surface area contributed by atoms with E-state index in [0.717, 1.165) is 23.9 Å². The number of halogens is 4. The van der Waals surface area contributed by atoms with Gasteiger partial charge in [-0.3, -0.25) is 4.79 Å². The van der Waals surface area contributed by atoms with Crippen LogP contribution in [0.1, 0.15) is 26.3 Å². The Morgan fingerprint density at radius 2 is 1.62 bits per heavy atom. The fourth-order valence-corrected chi connectivity index (χ4v) is 3.06. The van der Waals surface area contributed by atoms with Crippen LogP contribution in [-0.4, -0.2) is 29.1 Å². The smallest absolute Gasteiger partial charge is 0.416 e. The summed E-state index contributed by atoms with van der Waals surface area (Å²) >= 11 is 0. The van der Waals surface area contributed by atoms with E-state index in [9.17, 15) is 37.4 Å². The van der Waals surface area contributed by atoms with Crippen LogP contribution in [0.2, 0.25) is 0 Å². The summed E-state index contributed by atoms with van der Waals surface area (Å²) in [6.07, 6.45) is -4.77. The molecule has 0 spiro atoms. The number of carboxylic acids is 1. The van der Waals surface area contributed by atoms with Gasteiger partial charge in [0.15, 0.2) is 0 Å². The number of hydrogen-bond acceptors (Lipinski definition) is 4. The lowest BCUT2D eigenvalue weighted by Crippen LogP contribution is -2.18. The number of aromatic carboxylic acids is 1. The number of carboxylic acid groups (broad SMARTS) is 1. The van der Waals surface area contributed by atoms with Crippen molar-refractivity contribution >= 4 is 23.3 Å². The average Bonchev–Trinajstić information content (AvgIpc) is 2.73. The highest BCUT2D eigenvalue weighted by Crippen LogP contribution is 2.34. The van der Waals surface area contributed by atoms with Gasteiger partial charge < -0.3 is 20.8 Å². The van der Waals surface area contributed by atoms with Gasteiger partial charge in [0.1, 0.15) is 11.6 Å². The number of anilines is 2. The number of rotatable bonds is 5. The summed E-state index contributed by atoms with van der Waals surface area (Å²) in [7, 11) is 1.69. The SMILES string of the molecule is CNc1ccc(-c2cc(O)cc(C(=O)Nc3ccc(C(F)(F)F)cc3F)c2C(=O)O)cc1. The first-order chi connectivity index (χ1) is 15.0. The highest BCUT2D eigenvalue weighted by atomic mass is 19.4. The van der Waals surface area contributed by atoms with Gasteiger partial charge in [0.2, 0.25) is 0 Å². The van der Waals surface area contributed by atoms with Gasteiger partial charge in [0.05, 0.1) is 22.4 Å². The topological polar surface area (TPSA) is 98.7 Å². The minimum Gasteiger partial charge on any atom is -0.508 e. The van der Waals surface area contributed by atoms with Gasteiger partial charge in [0.25, 0.3) is 5.91 Å². The molecule has 0 aliphatic heterocycles. The highest BCUT2D eigenvalue weighted by Gasteiger charge is 2.31. The second kappa shape index (κ2) is 8.58. The van der Waals surface area contributed by atoms with Crippen molar-refractivity contribution in [3.05, 3.63) is 77.1 Å². The molecule has 0 fully saturated rings. The van der Waals surface area contributed by atoms with Gasteiger partial charge >= 0.3 is 12.1 Å². The Morgan fingerprint density at radius 1 is 0.969 bits per heavy atom. The number of phenols is 1. The second-order valence-corrected chi connectivity index (χ2v) is 6.69. The van der Waals surface area contributed by atoms with E-state index in [1.807, 2.05) is 0 Å². The van der Waals surface area contributed by atoms with Crippen molar-refractivity contribution < 1.29 is 37.4 Å². The molecule has 166 valence electrons. The van der Waals surface area contributed by atoms with E-state index in [1.165, 1.54) is 0 Å². The van der Waals surface area contributed by atoms with Crippen molar-refractivity contribution in [2.24, 2.45) is 0 Å². The molecule has 3 rings (SSSR count). The standard InChI is InChI=1S/C22H16F4N2O4/c1-27-13-5-2-11(3-6-13)15-9-14(29)10-16(19(15)21(31)32)20(30)28-18-7-4-12(8-17(18)23)22(24,25)26/h2-10,27,29H,1H3,(H,28,30)(H,31,32). The van der Waals surface area contributed by atoms with Crippen LogP contribution in [0.15, 0.2) is 54.6 Å². The number of hydrogen-bond donors (Lipinski definition) is 4. The van der Waals surface area contributed by atoms with Gasteiger partial charge in [0, 0.05) is 18.3 Å². The van der Waals surface area contributed by atoms with E-state index in [1.54, 1.807) is 31.3 Å². The summed E-state index contributed by atoms with van der Waals surface area (Å²) in [6, 6.07) is 10.0. The fraction of sp³-hybridized carbons (Fsp3) is 0.0909. The first-order valence-corrected chi connectivity index (χ1v) is 9.08. The van der Waals surface area contributed by atoms with Crippen molar-refractivity contribution in [2.45, 2.75) is 6.18 Å². The third-order valence-electron chi connectivity index (χ3n) is 4.61. The van der Waals surface area contributed by atoms with Gasteiger partial charge in [-0.2, -0.15) is 13.2 Å². The number of alkyl halides is 3. The summed E-state index contributed by atoms with van der Waals surface area (Å²) in [6.45, 7) is 0. The minimum absolute atomic E-state index is 0.0261. The Balaban J connectivity index is 2.04. The molecule has 0 saturated heterocycles. The molecular weight excluding hydrogens is 432 g/mol. The summed E-state index contributed by atoms with van der Waals surface area (Å²) in [5, 5.41) is 24.7. The number of aromatic hydroxyl groups is 1. The number of phenolic OH excluding ortho intramolecular Hbond substituents is 1. The van der Waals surface area contributed by atoms with E-state index < -0.39 is 52.0 Å². The van der Waals surface area contributed by atoms with Crippen molar-refractivity contribution in [1.82, 2.24) is 0 Å². The Kier molecular flexibility index (Phi) is 6.06. The number of amides is 1. The first-order valence-electron chi connectivity index (χ1n) is 9.08. The molecule has 0 radical (unpaired) electrons. The zero-order valence-corrected chi connectivity index (χ0v) is 16.4. The number of carbonyl (C=O) groups is 2. The highest BCUT2D eigenvalue weighted by molar-refractivity contribution is 6.13. The van der Waals surface area contributed by atoms with Gasteiger partial charge in [-0.25, -0.2) is 9.18 Å². The van der Waals surface area contributed by atoms with Crippen LogP contribution in [0.4, 0.5) is 28.9 Å². The molecule has 6 nitrogen and oxygen atoms in total. The molecule has 0 bridgehead atoms. The van der Waals surface area contributed by atoms with Gasteiger partial charge in [-0.05, 0) is 48.0 Å². The molecule has 4 N–H and O–H groups in total. The molecule has 0 aliphatic rings. The van der Waals surface area contributed by atoms with Crippen molar-refractivity contribution in [2.75, 3.05) is 17.7 Å². The summed E-state index contributed by atoms with van der Waals surface area (Å²) in [4.78, 5) is 24.7. The van der Waals surface area contributed by atoms with Crippen LogP contribution < -0.4 is 10.6 Å². The predicted molar refractivity (Wildman–Crippen MR) is 109 cm³/mol. The largest absolute Gasteiger partial charge is 0.508 e. The maximum Gasteiger partial charge on any atom is 0.416 e. The molecule has 3 aromatic rings. The van der Waals surface area contributed by atoms with Crippen LogP contribution in [0.3, 0.4) is 0 Å². The van der Waals surface area contributed by atoms with Crippen LogP contribution in [0.5, 0.6) is 5.75 Å². The molecule has 0 aliphatic carbocycles. The summed E-state index contributed by atoms with van der Waals surface area (Å²) in [5.74, 6) is -4.39. The van der Waals surface area contributed by atoms with Crippen LogP contribution >= 0.6 is 0 Å². The van der Waals surface area contributed by atoms with E-state index in [2.05, 4.69) is 10.6 Å². The van der Waals surface area contributed by atoms with Gasteiger partial charge in [-0.1, -0.05) is 12.1 Å². The molecular formula is C22H16F4N2O4. The molecule has 0 heterocycles. The van der Waals surface area contributed by atoms with Crippen LogP contribution in [-0.2, 0) is 6.18 Å². The molecule has 1 amide bonds. The summed E-state index contributed by atoms with van der Waals surface area (Å²) < 4.78 is 52.3. The van der Waals surface area contributed by atoms with Crippen molar-refractivity contribution in [1.29, 1.82) is 0 Å². The molecule has 0 unspecified atom stereocenters. The van der Waals surface area contributed by atoms with Crippen LogP contribution in [0.25, 0.3) is 11.1 Å². The van der Waals surface area contributed by atoms with Crippen LogP contribution in [0, 0.1) is 5.82 Å². The molecule has 32 heavy (non-hydrogen) atoms. The number of nitrogens with one attached hydrogen (secondary N) is 2. The third-order valence-corrected chi connectivity index (χ3v) is 4.61. The zero-order valence-electron chi connectivity index (χ0n) is 16.4. The zero-order chi connectivity index (χ0) is 23.6. The first kappa shape index (κ1) is 22.6. The second-order valence-electron chi connectivity index (χ2n) is 6.69. The molecule has 3 aromatic carbocycles. The molecule has 0 aromatic heterocycles. The average molecular weight is 448 g/mol. The lowest BCUT2D eigenvalue weighted by molar-refractivity contribution is -0.137. The predicted octanol–water partition coefficient (Wildman–Crippen LogP) is 5.21. The quantitative estimate of drug-likeness (QED) is 0.402. The van der Waals surface area contributed by atoms with Crippen molar-refractivity contribution in [3.63, 3.8) is 0 Å². The van der Waals surface area contributed by atoms with E-state index >= 15 is 0 Å². The van der Waals surface area contributed by atoms with Gasteiger partial charge in [-0.15, -0.1) is 0 Å². The van der Waals surface area contributed by atoms with E-state index in [4.69, 9.17) is 0 Å².